The fourth-order valence-electron chi connectivity index (χ4n) is 15.8. The highest BCUT2D eigenvalue weighted by Crippen LogP contribution is 2.52. The summed E-state index contributed by atoms with van der Waals surface area (Å²) in [7, 11) is 0. The van der Waals surface area contributed by atoms with Crippen molar-refractivity contribution in [1.29, 1.82) is 0 Å². The standard InChI is InChI=1S/C92H87N3O/c1-87(2,3)59-34-53(35-60(47-59)88(4,5)6)56-41-68(52-32-33-78-69(40-52)66-28-22-24-30-77(66)93(78)65-26-20-19-21-27-65)82-74(44-56)75-45-57(54-36-61(89(7,8)9)48-62(37-54)90(10,11)12)42-72-70-50-71-73-43-58(55-38-63(91(13,14)15)49-64(39-55)92(16,17)18)46-76-84(73)95(80(71)51-79(70)94(82)83(72)75)85-67-29-23-25-31-81(67)96-86(76)85/h19-51H,1-18H3. The lowest BCUT2D eigenvalue weighted by atomic mass is 9.78. The molecule has 4 heteroatoms. The molecule has 11 aromatic carbocycles. The summed E-state index contributed by atoms with van der Waals surface area (Å²) in [6.45, 7) is 42.3. The number of furan rings is 1. The van der Waals surface area contributed by atoms with Gasteiger partial charge in [-0.25, -0.2) is 0 Å². The van der Waals surface area contributed by atoms with Crippen molar-refractivity contribution in [1.82, 2.24) is 13.4 Å². The van der Waals surface area contributed by atoms with E-state index < -0.39 is 0 Å². The van der Waals surface area contributed by atoms with E-state index >= 15 is 0 Å². The Bertz CT molecular complexity index is 6010. The van der Waals surface area contributed by atoms with Crippen LogP contribution in [0, 0.1) is 0 Å². The Kier molecular flexibility index (Phi) is 12.5. The van der Waals surface area contributed by atoms with E-state index in [0.29, 0.717) is 0 Å². The molecule has 4 nitrogen and oxygen atoms in total. The van der Waals surface area contributed by atoms with E-state index in [4.69, 9.17) is 4.42 Å². The maximum atomic E-state index is 7.11. The summed E-state index contributed by atoms with van der Waals surface area (Å²) in [6, 6.07) is 78.2. The third kappa shape index (κ3) is 9.13. The average Bonchev–Trinajstić information content (AvgIpc) is 1.51. The van der Waals surface area contributed by atoms with Gasteiger partial charge in [0.25, 0.3) is 0 Å². The van der Waals surface area contributed by atoms with Gasteiger partial charge in [0.2, 0.25) is 0 Å². The summed E-state index contributed by atoms with van der Waals surface area (Å²) < 4.78 is 14.8. The second-order valence-corrected chi connectivity index (χ2v) is 34.4. The molecule has 96 heavy (non-hydrogen) atoms. The summed E-state index contributed by atoms with van der Waals surface area (Å²) >= 11 is 0. The van der Waals surface area contributed by atoms with Gasteiger partial charge in [-0.05, 0) is 196 Å². The second-order valence-electron chi connectivity index (χ2n) is 34.4. The Balaban J connectivity index is 1.06. The number of fused-ring (bicyclic) bond motifs is 17. The molecule has 0 N–H and O–H groups in total. The van der Waals surface area contributed by atoms with Gasteiger partial charge in [-0.3, -0.25) is 0 Å². The van der Waals surface area contributed by atoms with Gasteiger partial charge in [0.1, 0.15) is 11.1 Å². The number of nitrogens with zero attached hydrogens (tertiary/aromatic N) is 3. The van der Waals surface area contributed by atoms with Crippen molar-refractivity contribution in [2.75, 3.05) is 0 Å². The van der Waals surface area contributed by atoms with Crippen LogP contribution in [0.3, 0.4) is 0 Å². The van der Waals surface area contributed by atoms with E-state index in [1.165, 1.54) is 160 Å². The minimum absolute atomic E-state index is 0.0492. The lowest BCUT2D eigenvalue weighted by molar-refractivity contribution is 0.568. The summed E-state index contributed by atoms with van der Waals surface area (Å²) in [5.41, 5.74) is 29.9. The Morgan fingerprint density at radius 2 is 0.604 bits per heavy atom. The third-order valence-electron chi connectivity index (χ3n) is 21.5. The van der Waals surface area contributed by atoms with Crippen LogP contribution in [0.25, 0.3) is 159 Å². The van der Waals surface area contributed by atoms with Crippen LogP contribution in [0.2, 0.25) is 0 Å². The zero-order valence-electron chi connectivity index (χ0n) is 59.3. The smallest absolute Gasteiger partial charge is 0.161 e. The van der Waals surface area contributed by atoms with Crippen molar-refractivity contribution < 1.29 is 4.42 Å². The first-order valence-corrected chi connectivity index (χ1v) is 34.8. The van der Waals surface area contributed by atoms with E-state index in [0.717, 1.165) is 33.1 Å². The SMILES string of the molecule is CC(C)(C)c1cc(-c2cc(-c3ccc4c(c3)c3ccccc3n4-c3ccccc3)c3c(c2)c2cc(-c4cc(C(C)(C)C)cc(C(C)(C)C)c4)cc4c5cc6c7cc(-c8cc(C(C)(C)C)cc(C(C)(C)C)c8)cc8c9oc%10ccccc%10c9n(c6cc5n3c42)c78)cc(C(C)(C)C)c1. The molecule has 6 heterocycles. The first-order chi connectivity index (χ1) is 45.3. The summed E-state index contributed by atoms with van der Waals surface area (Å²) in [5, 5.41) is 12.2. The number of benzene rings is 11. The van der Waals surface area contributed by atoms with Crippen molar-refractivity contribution in [2.45, 2.75) is 157 Å². The molecule has 0 amide bonds. The van der Waals surface area contributed by atoms with Crippen molar-refractivity contribution >= 4 is 109 Å². The maximum absolute atomic E-state index is 7.11. The molecular weight excluding hydrogens is 1160 g/mol. The number of para-hydroxylation sites is 3. The zero-order chi connectivity index (χ0) is 67.0. The predicted molar refractivity (Wildman–Crippen MR) is 414 cm³/mol. The first kappa shape index (κ1) is 60.1. The molecule has 0 radical (unpaired) electrons. The molecule has 0 aliphatic carbocycles. The van der Waals surface area contributed by atoms with Gasteiger partial charge in [0.15, 0.2) is 5.58 Å². The van der Waals surface area contributed by atoms with Gasteiger partial charge in [0, 0.05) is 65.1 Å². The molecule has 0 bridgehead atoms. The fourth-order valence-corrected chi connectivity index (χ4v) is 15.8. The molecule has 0 fully saturated rings. The molecule has 6 aromatic heterocycles. The quantitative estimate of drug-likeness (QED) is 0.169. The van der Waals surface area contributed by atoms with Crippen LogP contribution < -0.4 is 0 Å². The van der Waals surface area contributed by atoms with E-state index in [-0.39, 0.29) is 32.5 Å². The summed E-state index contributed by atoms with van der Waals surface area (Å²) in [6.07, 6.45) is 0. The first-order valence-electron chi connectivity index (χ1n) is 34.8. The van der Waals surface area contributed by atoms with Crippen LogP contribution in [-0.4, -0.2) is 13.4 Å². The lowest BCUT2D eigenvalue weighted by Gasteiger charge is -2.26. The highest BCUT2D eigenvalue weighted by molar-refractivity contribution is 6.32. The minimum Gasteiger partial charge on any atom is -0.454 e. The Morgan fingerprint density at radius 3 is 1.10 bits per heavy atom. The number of rotatable bonds is 5. The Hall–Kier alpha value is -9.64. The van der Waals surface area contributed by atoms with Gasteiger partial charge in [-0.15, -0.1) is 0 Å². The van der Waals surface area contributed by atoms with Crippen LogP contribution in [0.4, 0.5) is 0 Å². The summed E-state index contributed by atoms with van der Waals surface area (Å²) in [5.74, 6) is 0. The van der Waals surface area contributed by atoms with E-state index in [9.17, 15) is 0 Å². The molecule has 0 unspecified atom stereocenters. The van der Waals surface area contributed by atoms with E-state index in [1.807, 2.05) is 0 Å². The summed E-state index contributed by atoms with van der Waals surface area (Å²) in [4.78, 5) is 0. The van der Waals surface area contributed by atoms with Crippen LogP contribution in [0.1, 0.15) is 158 Å². The maximum Gasteiger partial charge on any atom is 0.161 e. The molecule has 476 valence electrons. The molecule has 0 atom stereocenters. The number of aromatic nitrogens is 3. The molecular formula is C92H87N3O. The van der Waals surface area contributed by atoms with Crippen LogP contribution >= 0.6 is 0 Å². The number of hydrogen-bond acceptors (Lipinski definition) is 1. The molecule has 0 aliphatic rings. The number of hydrogen-bond donors (Lipinski definition) is 0. The molecule has 0 aliphatic heterocycles. The van der Waals surface area contributed by atoms with Crippen molar-refractivity contribution in [3.8, 4) is 50.2 Å². The monoisotopic (exact) mass is 1250 g/mol. The molecule has 0 saturated carbocycles. The largest absolute Gasteiger partial charge is 0.454 e. The second kappa shape index (κ2) is 20.0. The highest BCUT2D eigenvalue weighted by atomic mass is 16.3. The van der Waals surface area contributed by atoms with Crippen molar-refractivity contribution in [3.05, 3.63) is 234 Å². The van der Waals surface area contributed by atoms with Crippen LogP contribution in [0.5, 0.6) is 0 Å². The lowest BCUT2D eigenvalue weighted by Crippen LogP contribution is -2.16. The zero-order valence-corrected chi connectivity index (χ0v) is 59.3. The molecule has 17 rings (SSSR count). The van der Waals surface area contributed by atoms with Crippen LogP contribution in [0.15, 0.2) is 205 Å². The molecule has 0 saturated heterocycles. The Labute approximate surface area is 564 Å². The molecule has 0 spiro atoms. The normalized spacial score (nSPS) is 13.5. The fraction of sp³-hybridized carbons (Fsp3) is 0.261. The van der Waals surface area contributed by atoms with Gasteiger partial charge < -0.3 is 17.8 Å². The molecule has 17 aromatic rings. The van der Waals surface area contributed by atoms with Gasteiger partial charge >= 0.3 is 0 Å². The Morgan fingerprint density at radius 1 is 0.240 bits per heavy atom. The van der Waals surface area contributed by atoms with Gasteiger partial charge in [0.05, 0.1) is 38.6 Å². The van der Waals surface area contributed by atoms with E-state index in [2.05, 4.69) is 338 Å². The average molecular weight is 1250 g/mol. The van der Waals surface area contributed by atoms with Gasteiger partial charge in [-0.1, -0.05) is 234 Å². The predicted octanol–water partition coefficient (Wildman–Crippen LogP) is 26.3. The van der Waals surface area contributed by atoms with Crippen molar-refractivity contribution in [2.24, 2.45) is 0 Å². The van der Waals surface area contributed by atoms with Crippen molar-refractivity contribution in [3.63, 3.8) is 0 Å². The topological polar surface area (TPSA) is 26.9 Å². The van der Waals surface area contributed by atoms with Gasteiger partial charge in [-0.2, -0.15) is 0 Å². The highest BCUT2D eigenvalue weighted by Gasteiger charge is 2.31. The third-order valence-corrected chi connectivity index (χ3v) is 21.5. The van der Waals surface area contributed by atoms with Crippen LogP contribution in [-0.2, 0) is 32.5 Å². The minimum atomic E-state index is -0.0763. The van der Waals surface area contributed by atoms with E-state index in [1.54, 1.807) is 0 Å².